The number of nitrogens with zero attached hydrogens (tertiary/aromatic N) is 2. The van der Waals surface area contributed by atoms with Crippen LogP contribution >= 0.6 is 0 Å². The van der Waals surface area contributed by atoms with Crippen molar-refractivity contribution in [2.45, 2.75) is 25.7 Å². The van der Waals surface area contributed by atoms with Gasteiger partial charge in [0.2, 0.25) is 0 Å². The molecule has 0 N–H and O–H groups in total. The van der Waals surface area contributed by atoms with Crippen molar-refractivity contribution < 1.29 is 4.79 Å². The molecule has 1 aromatic heterocycles. The first-order valence-corrected chi connectivity index (χ1v) is 4.23. The van der Waals surface area contributed by atoms with Crippen molar-refractivity contribution in [2.75, 3.05) is 0 Å². The lowest BCUT2D eigenvalue weighted by molar-refractivity contribution is 0.101. The van der Waals surface area contributed by atoms with Crippen LogP contribution in [0.1, 0.15) is 41.9 Å². The summed E-state index contributed by atoms with van der Waals surface area (Å²) in [6.45, 7) is 1.55. The number of carbonyl (C=O) groups excluding carboxylic acids is 1. The Morgan fingerprint density at radius 1 is 1.67 bits per heavy atom. The van der Waals surface area contributed by atoms with Crippen molar-refractivity contribution in [3.05, 3.63) is 17.5 Å². The van der Waals surface area contributed by atoms with Gasteiger partial charge in [-0.05, 0) is 18.9 Å². The van der Waals surface area contributed by atoms with Gasteiger partial charge in [-0.3, -0.25) is 9.48 Å². The highest BCUT2D eigenvalue weighted by atomic mass is 16.1. The van der Waals surface area contributed by atoms with Crippen LogP contribution in [0.15, 0.2) is 6.07 Å². The number of rotatable bonds is 2. The first-order valence-electron chi connectivity index (χ1n) is 4.23. The summed E-state index contributed by atoms with van der Waals surface area (Å²) in [7, 11) is 1.90. The molecule has 1 saturated carbocycles. The standard InChI is InChI=1S/C9H12N2O/c1-6(12)8-5-9(7-3-4-7)11(2)10-8/h5,7H,3-4H2,1-2H3. The predicted molar refractivity (Wildman–Crippen MR) is 45.2 cm³/mol. The average Bonchev–Trinajstić information content (AvgIpc) is 2.75. The molecule has 1 fully saturated rings. The molecule has 0 aliphatic heterocycles. The van der Waals surface area contributed by atoms with Crippen molar-refractivity contribution in [3.8, 4) is 0 Å². The van der Waals surface area contributed by atoms with Crippen molar-refractivity contribution >= 4 is 5.78 Å². The topological polar surface area (TPSA) is 34.9 Å². The van der Waals surface area contributed by atoms with E-state index in [0.717, 1.165) is 0 Å². The Morgan fingerprint density at radius 3 is 2.75 bits per heavy atom. The van der Waals surface area contributed by atoms with Crippen molar-refractivity contribution in [1.82, 2.24) is 9.78 Å². The molecule has 1 aromatic rings. The van der Waals surface area contributed by atoms with Crippen molar-refractivity contribution in [3.63, 3.8) is 0 Å². The monoisotopic (exact) mass is 164 g/mol. The minimum Gasteiger partial charge on any atom is -0.293 e. The van der Waals surface area contributed by atoms with E-state index >= 15 is 0 Å². The van der Waals surface area contributed by atoms with E-state index in [4.69, 9.17) is 0 Å². The van der Waals surface area contributed by atoms with Crippen LogP contribution in [0.2, 0.25) is 0 Å². The zero-order valence-corrected chi connectivity index (χ0v) is 7.37. The predicted octanol–water partition coefficient (Wildman–Crippen LogP) is 1.50. The van der Waals surface area contributed by atoms with E-state index in [9.17, 15) is 4.79 Å². The van der Waals surface area contributed by atoms with Crippen LogP contribution in [0.25, 0.3) is 0 Å². The van der Waals surface area contributed by atoms with Gasteiger partial charge in [0.1, 0.15) is 5.69 Å². The number of hydrogen-bond donors (Lipinski definition) is 0. The molecule has 0 amide bonds. The van der Waals surface area contributed by atoms with Crippen LogP contribution in [-0.2, 0) is 7.05 Å². The summed E-state index contributed by atoms with van der Waals surface area (Å²) in [5.74, 6) is 0.716. The maximum absolute atomic E-state index is 11.0. The molecule has 12 heavy (non-hydrogen) atoms. The van der Waals surface area contributed by atoms with Crippen LogP contribution in [0.3, 0.4) is 0 Å². The zero-order valence-electron chi connectivity index (χ0n) is 7.37. The quantitative estimate of drug-likeness (QED) is 0.621. The second-order valence-electron chi connectivity index (χ2n) is 3.41. The molecule has 3 nitrogen and oxygen atoms in total. The third-order valence-electron chi connectivity index (χ3n) is 2.27. The third-order valence-corrected chi connectivity index (χ3v) is 2.27. The summed E-state index contributed by atoms with van der Waals surface area (Å²) in [5, 5.41) is 4.14. The van der Waals surface area contributed by atoms with Crippen molar-refractivity contribution in [1.29, 1.82) is 0 Å². The van der Waals surface area contributed by atoms with Gasteiger partial charge in [-0.2, -0.15) is 5.10 Å². The number of hydrogen-bond acceptors (Lipinski definition) is 2. The molecule has 64 valence electrons. The second kappa shape index (κ2) is 2.44. The number of aryl methyl sites for hydroxylation is 1. The van der Waals surface area contributed by atoms with Gasteiger partial charge in [-0.1, -0.05) is 0 Å². The Labute approximate surface area is 71.4 Å². The lowest BCUT2D eigenvalue weighted by atomic mass is 10.2. The fourth-order valence-corrected chi connectivity index (χ4v) is 1.41. The number of Topliss-reactive ketones (excluding diaryl/α,β-unsaturated/α-hetero) is 1. The smallest absolute Gasteiger partial charge is 0.179 e. The minimum atomic E-state index is 0.0532. The van der Waals surface area contributed by atoms with E-state index in [1.54, 1.807) is 6.92 Å². The lowest BCUT2D eigenvalue weighted by Gasteiger charge is -1.94. The number of aromatic nitrogens is 2. The fourth-order valence-electron chi connectivity index (χ4n) is 1.41. The lowest BCUT2D eigenvalue weighted by Crippen LogP contribution is -1.97. The van der Waals surface area contributed by atoms with Crippen LogP contribution in [0, 0.1) is 0 Å². The molecule has 1 heterocycles. The maximum atomic E-state index is 11.0. The first-order chi connectivity index (χ1) is 5.68. The van der Waals surface area contributed by atoms with Gasteiger partial charge in [-0.25, -0.2) is 0 Å². The molecule has 0 atom stereocenters. The Kier molecular flexibility index (Phi) is 1.53. The Balaban J connectivity index is 2.36. The Morgan fingerprint density at radius 2 is 2.33 bits per heavy atom. The van der Waals surface area contributed by atoms with Gasteiger partial charge in [0.05, 0.1) is 0 Å². The summed E-state index contributed by atoms with van der Waals surface area (Å²) < 4.78 is 1.83. The van der Waals surface area contributed by atoms with Crippen LogP contribution < -0.4 is 0 Å². The zero-order chi connectivity index (χ0) is 8.72. The average molecular weight is 164 g/mol. The number of ketones is 1. The summed E-state index contributed by atoms with van der Waals surface area (Å²) in [6.07, 6.45) is 2.49. The largest absolute Gasteiger partial charge is 0.293 e. The molecular weight excluding hydrogens is 152 g/mol. The summed E-state index contributed by atoms with van der Waals surface area (Å²) in [5.41, 5.74) is 1.81. The maximum Gasteiger partial charge on any atom is 0.179 e. The minimum absolute atomic E-state index is 0.0532. The van der Waals surface area contributed by atoms with E-state index in [2.05, 4.69) is 5.10 Å². The van der Waals surface area contributed by atoms with Crippen LogP contribution in [0.4, 0.5) is 0 Å². The van der Waals surface area contributed by atoms with Crippen LogP contribution in [0.5, 0.6) is 0 Å². The van der Waals surface area contributed by atoms with Gasteiger partial charge >= 0.3 is 0 Å². The summed E-state index contributed by atoms with van der Waals surface area (Å²) >= 11 is 0. The van der Waals surface area contributed by atoms with Crippen LogP contribution in [-0.4, -0.2) is 15.6 Å². The molecule has 0 bridgehead atoms. The molecule has 0 aromatic carbocycles. The van der Waals surface area contributed by atoms with Gasteiger partial charge in [0.15, 0.2) is 5.78 Å². The van der Waals surface area contributed by atoms with E-state index in [-0.39, 0.29) is 5.78 Å². The summed E-state index contributed by atoms with van der Waals surface area (Å²) in [4.78, 5) is 11.0. The van der Waals surface area contributed by atoms with E-state index in [0.29, 0.717) is 11.6 Å². The first kappa shape index (κ1) is 7.53. The van der Waals surface area contributed by atoms with E-state index in [1.807, 2.05) is 17.8 Å². The molecule has 0 unspecified atom stereocenters. The van der Waals surface area contributed by atoms with E-state index < -0.39 is 0 Å². The Bertz CT molecular complexity index is 323. The molecule has 3 heteroatoms. The molecule has 0 radical (unpaired) electrons. The molecule has 2 rings (SSSR count). The summed E-state index contributed by atoms with van der Waals surface area (Å²) in [6, 6.07) is 1.92. The van der Waals surface area contributed by atoms with Gasteiger partial charge in [0.25, 0.3) is 0 Å². The highest BCUT2D eigenvalue weighted by molar-refractivity contribution is 5.92. The van der Waals surface area contributed by atoms with Gasteiger partial charge in [0, 0.05) is 25.6 Å². The SMILES string of the molecule is CC(=O)c1cc(C2CC2)n(C)n1. The fraction of sp³-hybridized carbons (Fsp3) is 0.556. The van der Waals surface area contributed by atoms with Gasteiger partial charge in [-0.15, -0.1) is 0 Å². The molecule has 1 aliphatic carbocycles. The van der Waals surface area contributed by atoms with E-state index in [1.165, 1.54) is 18.5 Å². The molecule has 0 saturated heterocycles. The highest BCUT2D eigenvalue weighted by Crippen LogP contribution is 2.39. The normalized spacial score (nSPS) is 16.5. The molecule has 0 spiro atoms. The number of carbonyl (C=O) groups is 1. The molecular formula is C9H12N2O. The Hall–Kier alpha value is -1.12. The molecule has 1 aliphatic rings. The highest BCUT2D eigenvalue weighted by Gasteiger charge is 2.27. The second-order valence-corrected chi connectivity index (χ2v) is 3.41. The van der Waals surface area contributed by atoms with Gasteiger partial charge < -0.3 is 0 Å². The van der Waals surface area contributed by atoms with Crippen molar-refractivity contribution in [2.24, 2.45) is 7.05 Å². The third kappa shape index (κ3) is 1.15.